The normalized spacial score (nSPS) is 9.95. The van der Waals surface area contributed by atoms with E-state index in [1.807, 2.05) is 36.4 Å². The number of anilines is 2. The molecule has 0 atom stereocenters. The van der Waals surface area contributed by atoms with Crippen LogP contribution in [-0.2, 0) is 11.3 Å². The number of hydrogen-bond acceptors (Lipinski definition) is 2. The van der Waals surface area contributed by atoms with Crippen LogP contribution in [0.4, 0.5) is 16.2 Å². The molecule has 0 radical (unpaired) electrons. The number of nitrogens with two attached hydrogens (primary N) is 1. The van der Waals surface area contributed by atoms with Crippen LogP contribution in [0, 0.1) is 0 Å². The fourth-order valence-electron chi connectivity index (χ4n) is 2.08. The van der Waals surface area contributed by atoms with Crippen molar-refractivity contribution in [2.24, 2.45) is 5.73 Å². The van der Waals surface area contributed by atoms with Gasteiger partial charge in [-0.15, -0.1) is 0 Å². The van der Waals surface area contributed by atoms with E-state index < -0.39 is 6.03 Å². The molecule has 0 fully saturated rings. The highest BCUT2D eigenvalue weighted by atomic mass is 16.2. The second-order valence-corrected chi connectivity index (χ2v) is 4.60. The first-order valence-electron chi connectivity index (χ1n) is 6.55. The maximum absolute atomic E-state index is 12.0. The number of carbonyl (C=O) groups excluding carboxylic acids is 2. The number of amides is 3. The van der Waals surface area contributed by atoms with Gasteiger partial charge >= 0.3 is 6.03 Å². The number of benzene rings is 2. The standard InChI is InChI=1S/C16H17N3O2/c1-12(20)19(11-13-7-3-2-4-8-13)15-10-6-5-9-14(15)18-16(17)21/h2-10H,11H2,1H3,(H3,17,18,21). The molecule has 0 heterocycles. The van der Waals surface area contributed by atoms with Crippen LogP contribution in [0.5, 0.6) is 0 Å². The smallest absolute Gasteiger partial charge is 0.316 e. The van der Waals surface area contributed by atoms with E-state index in [0.29, 0.717) is 17.9 Å². The van der Waals surface area contributed by atoms with E-state index in [-0.39, 0.29) is 5.91 Å². The zero-order valence-electron chi connectivity index (χ0n) is 11.7. The number of carbonyl (C=O) groups is 2. The lowest BCUT2D eigenvalue weighted by Crippen LogP contribution is -2.29. The Bertz CT molecular complexity index is 641. The third kappa shape index (κ3) is 3.82. The number of hydrogen-bond donors (Lipinski definition) is 2. The molecule has 0 aliphatic rings. The quantitative estimate of drug-likeness (QED) is 0.905. The van der Waals surface area contributed by atoms with Crippen LogP contribution in [0.25, 0.3) is 0 Å². The van der Waals surface area contributed by atoms with Gasteiger partial charge in [0.1, 0.15) is 0 Å². The molecule has 21 heavy (non-hydrogen) atoms. The van der Waals surface area contributed by atoms with Crippen LogP contribution in [0.3, 0.4) is 0 Å². The van der Waals surface area contributed by atoms with Crippen molar-refractivity contribution in [3.05, 3.63) is 60.2 Å². The molecule has 5 heteroatoms. The fourth-order valence-corrected chi connectivity index (χ4v) is 2.08. The van der Waals surface area contributed by atoms with Gasteiger partial charge in [0, 0.05) is 6.92 Å². The summed E-state index contributed by atoms with van der Waals surface area (Å²) in [4.78, 5) is 24.6. The maximum Gasteiger partial charge on any atom is 0.316 e. The summed E-state index contributed by atoms with van der Waals surface area (Å²) in [7, 11) is 0. The van der Waals surface area contributed by atoms with Gasteiger partial charge in [-0.2, -0.15) is 0 Å². The molecule has 0 aromatic heterocycles. The van der Waals surface area contributed by atoms with E-state index in [1.165, 1.54) is 6.92 Å². The predicted octanol–water partition coefficient (Wildman–Crippen LogP) is 2.73. The third-order valence-corrected chi connectivity index (χ3v) is 3.02. The highest BCUT2D eigenvalue weighted by molar-refractivity contribution is 5.99. The molecule has 0 spiro atoms. The first kappa shape index (κ1) is 14.6. The van der Waals surface area contributed by atoms with Gasteiger partial charge in [-0.1, -0.05) is 42.5 Å². The molecule has 0 unspecified atom stereocenters. The van der Waals surface area contributed by atoms with E-state index in [4.69, 9.17) is 5.73 Å². The van der Waals surface area contributed by atoms with Crippen LogP contribution >= 0.6 is 0 Å². The van der Waals surface area contributed by atoms with Crippen LogP contribution < -0.4 is 16.0 Å². The first-order valence-corrected chi connectivity index (χ1v) is 6.55. The lowest BCUT2D eigenvalue weighted by atomic mass is 10.1. The Morgan fingerprint density at radius 2 is 1.67 bits per heavy atom. The zero-order chi connectivity index (χ0) is 15.2. The van der Waals surface area contributed by atoms with Gasteiger partial charge in [0.15, 0.2) is 0 Å². The zero-order valence-corrected chi connectivity index (χ0v) is 11.7. The second kappa shape index (κ2) is 6.56. The maximum atomic E-state index is 12.0. The monoisotopic (exact) mass is 283 g/mol. The Morgan fingerprint density at radius 1 is 1.05 bits per heavy atom. The average molecular weight is 283 g/mol. The van der Waals surface area contributed by atoms with Crippen molar-refractivity contribution in [2.45, 2.75) is 13.5 Å². The van der Waals surface area contributed by atoms with Crippen LogP contribution in [-0.4, -0.2) is 11.9 Å². The Morgan fingerprint density at radius 3 is 2.29 bits per heavy atom. The predicted molar refractivity (Wildman–Crippen MR) is 83.0 cm³/mol. The molecule has 2 aromatic carbocycles. The van der Waals surface area contributed by atoms with E-state index in [9.17, 15) is 9.59 Å². The van der Waals surface area contributed by atoms with Gasteiger partial charge in [-0.3, -0.25) is 4.79 Å². The number of urea groups is 1. The van der Waals surface area contributed by atoms with E-state index in [2.05, 4.69) is 5.32 Å². The van der Waals surface area contributed by atoms with Crippen molar-refractivity contribution in [2.75, 3.05) is 10.2 Å². The molecule has 3 amide bonds. The van der Waals surface area contributed by atoms with Gasteiger partial charge in [0.05, 0.1) is 17.9 Å². The fraction of sp³-hybridized carbons (Fsp3) is 0.125. The van der Waals surface area contributed by atoms with Gasteiger partial charge in [0.25, 0.3) is 0 Å². The minimum Gasteiger partial charge on any atom is -0.351 e. The summed E-state index contributed by atoms with van der Waals surface area (Å²) in [5, 5.41) is 2.54. The number of primary amides is 1. The van der Waals surface area contributed by atoms with Crippen molar-refractivity contribution in [1.82, 2.24) is 0 Å². The molecule has 2 aromatic rings. The lowest BCUT2D eigenvalue weighted by molar-refractivity contribution is -0.116. The Labute approximate surface area is 123 Å². The number of para-hydroxylation sites is 2. The molecule has 5 nitrogen and oxygen atoms in total. The average Bonchev–Trinajstić information content (AvgIpc) is 2.46. The Balaban J connectivity index is 2.35. The van der Waals surface area contributed by atoms with Gasteiger partial charge in [-0.25, -0.2) is 4.79 Å². The summed E-state index contributed by atoms with van der Waals surface area (Å²) in [6.45, 7) is 1.91. The second-order valence-electron chi connectivity index (χ2n) is 4.60. The van der Waals surface area contributed by atoms with Crippen LogP contribution in [0.1, 0.15) is 12.5 Å². The summed E-state index contributed by atoms with van der Waals surface area (Å²) in [6.07, 6.45) is 0. The molecular weight excluding hydrogens is 266 g/mol. The molecule has 0 saturated carbocycles. The van der Waals surface area contributed by atoms with E-state index in [0.717, 1.165) is 5.56 Å². The van der Waals surface area contributed by atoms with E-state index >= 15 is 0 Å². The summed E-state index contributed by atoms with van der Waals surface area (Å²) in [6, 6.07) is 16.0. The first-order chi connectivity index (χ1) is 10.1. The molecule has 2 rings (SSSR count). The number of nitrogens with zero attached hydrogens (tertiary/aromatic N) is 1. The molecule has 108 valence electrons. The van der Waals surface area contributed by atoms with Gasteiger partial charge < -0.3 is 16.0 Å². The van der Waals surface area contributed by atoms with Crippen LogP contribution in [0.15, 0.2) is 54.6 Å². The van der Waals surface area contributed by atoms with Crippen molar-refractivity contribution >= 4 is 23.3 Å². The largest absolute Gasteiger partial charge is 0.351 e. The van der Waals surface area contributed by atoms with Gasteiger partial charge in [0.2, 0.25) is 5.91 Å². The third-order valence-electron chi connectivity index (χ3n) is 3.02. The van der Waals surface area contributed by atoms with Crippen molar-refractivity contribution in [3.63, 3.8) is 0 Å². The minimum atomic E-state index is -0.661. The summed E-state index contributed by atoms with van der Waals surface area (Å²) >= 11 is 0. The number of rotatable bonds is 4. The topological polar surface area (TPSA) is 75.4 Å². The SMILES string of the molecule is CC(=O)N(Cc1ccccc1)c1ccccc1NC(N)=O. The van der Waals surface area contributed by atoms with Crippen molar-refractivity contribution in [1.29, 1.82) is 0 Å². The molecule has 0 aliphatic heterocycles. The molecule has 3 N–H and O–H groups in total. The van der Waals surface area contributed by atoms with Crippen molar-refractivity contribution < 1.29 is 9.59 Å². The Hall–Kier alpha value is -2.82. The Kier molecular flexibility index (Phi) is 4.56. The highest BCUT2D eigenvalue weighted by Crippen LogP contribution is 2.27. The summed E-state index contributed by atoms with van der Waals surface area (Å²) in [5.41, 5.74) is 7.30. The molecular formula is C16H17N3O2. The molecule has 0 saturated heterocycles. The minimum absolute atomic E-state index is 0.113. The molecule has 0 aliphatic carbocycles. The van der Waals surface area contributed by atoms with Gasteiger partial charge in [-0.05, 0) is 17.7 Å². The highest BCUT2D eigenvalue weighted by Gasteiger charge is 2.16. The summed E-state index contributed by atoms with van der Waals surface area (Å²) in [5.74, 6) is -0.113. The summed E-state index contributed by atoms with van der Waals surface area (Å²) < 4.78 is 0. The molecule has 0 bridgehead atoms. The number of nitrogens with one attached hydrogen (secondary N) is 1. The van der Waals surface area contributed by atoms with Crippen molar-refractivity contribution in [3.8, 4) is 0 Å². The van der Waals surface area contributed by atoms with E-state index in [1.54, 1.807) is 23.1 Å². The van der Waals surface area contributed by atoms with Crippen LogP contribution in [0.2, 0.25) is 0 Å². The lowest BCUT2D eigenvalue weighted by Gasteiger charge is -2.24.